The molecule has 1 aromatic heterocycles. The first-order valence-electron chi connectivity index (χ1n) is 12.9. The zero-order valence-corrected chi connectivity index (χ0v) is 21.2. The molecule has 36 heavy (non-hydrogen) atoms. The van der Waals surface area contributed by atoms with E-state index in [-0.39, 0.29) is 25.2 Å². The molecule has 6 nitrogen and oxygen atoms in total. The lowest BCUT2D eigenvalue weighted by molar-refractivity contribution is -0.118. The lowest BCUT2D eigenvalue weighted by Gasteiger charge is -2.27. The number of ether oxygens (including phenoxy) is 3. The number of aromatic nitrogens is 1. The molecule has 0 atom stereocenters. The van der Waals surface area contributed by atoms with E-state index in [9.17, 15) is 4.79 Å². The number of carbonyl (C=O) groups excluding carboxylic acids is 1. The standard InChI is InChI=1S/C29H33FN2O4.H2/c1-28(2,3)26-13-19-12-22(21(30)15-23(19)32(26)16-18-6-10-34-11-7-18)31-27(33)29(8-9-29)20-4-5-24-25(14-20)36-17-35-24;/h4-5,12-15,18H,6-11,16-17H2,1-3H3,(H,31,33);1H. The zero-order chi connectivity index (χ0) is 25.1. The van der Waals surface area contributed by atoms with Gasteiger partial charge in [0.25, 0.3) is 0 Å². The van der Waals surface area contributed by atoms with E-state index in [2.05, 4.69) is 36.7 Å². The van der Waals surface area contributed by atoms with Crippen molar-refractivity contribution in [3.63, 3.8) is 0 Å². The van der Waals surface area contributed by atoms with E-state index in [0.717, 1.165) is 61.9 Å². The van der Waals surface area contributed by atoms with Gasteiger partial charge < -0.3 is 24.1 Å². The van der Waals surface area contributed by atoms with Crippen LogP contribution in [0, 0.1) is 11.7 Å². The van der Waals surface area contributed by atoms with E-state index >= 15 is 4.39 Å². The maximum absolute atomic E-state index is 15.5. The second-order valence-corrected chi connectivity index (χ2v) is 11.4. The first kappa shape index (κ1) is 23.3. The number of nitrogens with one attached hydrogen (secondary N) is 1. The first-order valence-corrected chi connectivity index (χ1v) is 12.9. The van der Waals surface area contributed by atoms with Crippen molar-refractivity contribution in [3.05, 3.63) is 53.5 Å². The number of hydrogen-bond donors (Lipinski definition) is 1. The molecule has 3 heterocycles. The summed E-state index contributed by atoms with van der Waals surface area (Å²) in [5.41, 5.74) is 2.39. The van der Waals surface area contributed by atoms with E-state index in [4.69, 9.17) is 14.2 Å². The highest BCUT2D eigenvalue weighted by Crippen LogP contribution is 2.51. The summed E-state index contributed by atoms with van der Waals surface area (Å²) >= 11 is 0. The minimum absolute atomic E-state index is 0. The first-order chi connectivity index (χ1) is 17.2. The number of nitrogens with zero attached hydrogens (tertiary/aromatic N) is 1. The van der Waals surface area contributed by atoms with Crippen molar-refractivity contribution in [2.45, 2.75) is 63.8 Å². The Morgan fingerprint density at radius 3 is 2.58 bits per heavy atom. The molecule has 7 heteroatoms. The molecule has 2 fully saturated rings. The summed E-state index contributed by atoms with van der Waals surface area (Å²) < 4.78 is 34.2. The lowest BCUT2D eigenvalue weighted by Crippen LogP contribution is -2.28. The molecular formula is C29H35FN2O4. The van der Waals surface area contributed by atoms with E-state index in [0.29, 0.717) is 17.4 Å². The monoisotopic (exact) mass is 494 g/mol. The molecule has 1 aliphatic carbocycles. The molecule has 0 unspecified atom stereocenters. The third kappa shape index (κ3) is 4.03. The number of hydrogen-bond acceptors (Lipinski definition) is 4. The molecule has 0 bridgehead atoms. The van der Waals surface area contributed by atoms with Crippen LogP contribution in [0.25, 0.3) is 10.9 Å². The van der Waals surface area contributed by atoms with E-state index in [1.165, 1.54) is 5.69 Å². The fourth-order valence-electron chi connectivity index (χ4n) is 5.59. The van der Waals surface area contributed by atoms with Gasteiger partial charge in [-0.15, -0.1) is 0 Å². The maximum atomic E-state index is 15.5. The molecule has 3 aliphatic rings. The lowest BCUT2D eigenvalue weighted by atomic mass is 9.91. The van der Waals surface area contributed by atoms with Crippen molar-refractivity contribution in [2.24, 2.45) is 5.92 Å². The average Bonchev–Trinajstić information content (AvgIpc) is 3.41. The predicted molar refractivity (Wildman–Crippen MR) is 138 cm³/mol. The van der Waals surface area contributed by atoms with Crippen LogP contribution in [0.5, 0.6) is 11.5 Å². The number of fused-ring (bicyclic) bond motifs is 2. The SMILES string of the molecule is CC(C)(C)c1cc2cc(NC(=O)C3(c4ccc5c(c4)OCO5)CC3)c(F)cc2n1CC1CCOCC1.[HH]. The molecule has 1 saturated heterocycles. The summed E-state index contributed by atoms with van der Waals surface area (Å²) in [5, 5.41) is 3.85. The summed E-state index contributed by atoms with van der Waals surface area (Å²) in [5.74, 6) is 1.25. The zero-order valence-electron chi connectivity index (χ0n) is 21.2. The van der Waals surface area contributed by atoms with Crippen LogP contribution in [0.3, 0.4) is 0 Å². The largest absolute Gasteiger partial charge is 0.454 e. The van der Waals surface area contributed by atoms with Gasteiger partial charge in [0.2, 0.25) is 12.7 Å². The molecular weight excluding hydrogens is 459 g/mol. The van der Waals surface area contributed by atoms with E-state index < -0.39 is 11.2 Å². The number of halogens is 1. The average molecular weight is 495 g/mol. The Labute approximate surface area is 212 Å². The normalized spacial score (nSPS) is 19.0. The van der Waals surface area contributed by atoms with Crippen molar-refractivity contribution in [1.29, 1.82) is 0 Å². The van der Waals surface area contributed by atoms with Gasteiger partial charge in [0, 0.05) is 43.7 Å². The predicted octanol–water partition coefficient (Wildman–Crippen LogP) is 6.15. The van der Waals surface area contributed by atoms with Crippen LogP contribution in [-0.2, 0) is 26.9 Å². The molecule has 6 rings (SSSR count). The summed E-state index contributed by atoms with van der Waals surface area (Å²) in [6, 6.07) is 11.1. The number of amides is 1. The smallest absolute Gasteiger partial charge is 0.235 e. The Balaban J connectivity index is 0.00000280. The van der Waals surface area contributed by atoms with Crippen LogP contribution in [0.4, 0.5) is 10.1 Å². The van der Waals surface area contributed by atoms with E-state index in [1.807, 2.05) is 18.2 Å². The van der Waals surface area contributed by atoms with Crippen LogP contribution < -0.4 is 14.8 Å². The van der Waals surface area contributed by atoms with Crippen molar-refractivity contribution in [2.75, 3.05) is 25.3 Å². The Kier molecular flexibility index (Phi) is 5.52. The van der Waals surface area contributed by atoms with Gasteiger partial charge in [0.1, 0.15) is 5.82 Å². The second kappa shape index (κ2) is 8.51. The van der Waals surface area contributed by atoms with Gasteiger partial charge in [-0.25, -0.2) is 4.39 Å². The second-order valence-electron chi connectivity index (χ2n) is 11.4. The van der Waals surface area contributed by atoms with Crippen molar-refractivity contribution in [3.8, 4) is 11.5 Å². The van der Waals surface area contributed by atoms with Gasteiger partial charge in [0.15, 0.2) is 11.5 Å². The number of anilines is 1. The number of carbonyl (C=O) groups is 1. The minimum atomic E-state index is -0.659. The molecule has 1 saturated carbocycles. The van der Waals surface area contributed by atoms with Gasteiger partial charge >= 0.3 is 0 Å². The molecule has 3 aromatic rings. The minimum Gasteiger partial charge on any atom is -0.454 e. The third-order valence-electron chi connectivity index (χ3n) is 7.90. The third-order valence-corrected chi connectivity index (χ3v) is 7.90. The fraction of sp³-hybridized carbons (Fsp3) is 0.483. The topological polar surface area (TPSA) is 61.7 Å². The molecule has 1 N–H and O–H groups in total. The van der Waals surface area contributed by atoms with E-state index in [1.54, 1.807) is 12.1 Å². The highest BCUT2D eigenvalue weighted by atomic mass is 19.1. The highest BCUT2D eigenvalue weighted by molar-refractivity contribution is 6.02. The summed E-state index contributed by atoms with van der Waals surface area (Å²) in [6.45, 7) is 9.15. The van der Waals surface area contributed by atoms with Crippen molar-refractivity contribution < 1.29 is 24.8 Å². The molecule has 0 spiro atoms. The van der Waals surface area contributed by atoms with Gasteiger partial charge in [0.05, 0.1) is 16.6 Å². The van der Waals surface area contributed by atoms with Crippen molar-refractivity contribution >= 4 is 22.5 Å². The van der Waals surface area contributed by atoms with Gasteiger partial charge in [-0.05, 0) is 61.4 Å². The number of benzene rings is 2. The summed E-state index contributed by atoms with van der Waals surface area (Å²) in [4.78, 5) is 13.4. The van der Waals surface area contributed by atoms with Crippen LogP contribution in [0.2, 0.25) is 0 Å². The Hall–Kier alpha value is -3.06. The summed E-state index contributed by atoms with van der Waals surface area (Å²) in [7, 11) is 0. The van der Waals surface area contributed by atoms with Crippen LogP contribution in [0.15, 0.2) is 36.4 Å². The quantitative estimate of drug-likeness (QED) is 0.462. The molecule has 2 aliphatic heterocycles. The summed E-state index contributed by atoms with van der Waals surface area (Å²) in [6.07, 6.45) is 3.47. The number of rotatable bonds is 5. The fourth-order valence-corrected chi connectivity index (χ4v) is 5.59. The highest BCUT2D eigenvalue weighted by Gasteiger charge is 2.52. The Morgan fingerprint density at radius 1 is 1.11 bits per heavy atom. The van der Waals surface area contributed by atoms with Crippen molar-refractivity contribution in [1.82, 2.24) is 4.57 Å². The van der Waals surface area contributed by atoms with Gasteiger partial charge in [-0.1, -0.05) is 26.8 Å². The Bertz CT molecular complexity index is 1340. The maximum Gasteiger partial charge on any atom is 0.235 e. The molecule has 192 valence electrons. The van der Waals surface area contributed by atoms with Gasteiger partial charge in [-0.3, -0.25) is 4.79 Å². The van der Waals surface area contributed by atoms with Crippen LogP contribution >= 0.6 is 0 Å². The Morgan fingerprint density at radius 2 is 1.86 bits per heavy atom. The molecule has 0 radical (unpaired) electrons. The molecule has 1 amide bonds. The van der Waals surface area contributed by atoms with Crippen LogP contribution in [-0.4, -0.2) is 30.5 Å². The molecule has 2 aromatic carbocycles. The van der Waals surface area contributed by atoms with Crippen LogP contribution in [0.1, 0.15) is 59.1 Å². The van der Waals surface area contributed by atoms with Gasteiger partial charge in [-0.2, -0.15) is 0 Å².